The number of nitrogens with zero attached hydrogens (tertiary/aromatic N) is 3. The first-order chi connectivity index (χ1) is 8.83. The van der Waals surface area contributed by atoms with Crippen LogP contribution < -0.4 is 5.32 Å². The summed E-state index contributed by atoms with van der Waals surface area (Å²) in [5.41, 5.74) is 1.33. The molecule has 2 unspecified atom stereocenters. The van der Waals surface area contributed by atoms with Crippen molar-refractivity contribution in [1.82, 2.24) is 19.8 Å². The summed E-state index contributed by atoms with van der Waals surface area (Å²) >= 11 is 0. The number of rotatable bonds is 3. The number of hydrogen-bond donors (Lipinski definition) is 1. The molecular weight excluding hydrogens is 224 g/mol. The molecule has 4 heteroatoms. The highest BCUT2D eigenvalue weighted by Crippen LogP contribution is 2.25. The molecule has 0 radical (unpaired) electrons. The first-order valence-electron chi connectivity index (χ1n) is 7.24. The normalized spacial score (nSPS) is 29.8. The number of piperidine rings is 1. The molecule has 3 heterocycles. The molecule has 2 atom stereocenters. The fourth-order valence-corrected chi connectivity index (χ4v) is 3.44. The van der Waals surface area contributed by atoms with E-state index in [0.717, 1.165) is 18.5 Å². The Morgan fingerprint density at radius 3 is 3.06 bits per heavy atom. The number of imidazole rings is 1. The van der Waals surface area contributed by atoms with Crippen LogP contribution in [0, 0.1) is 5.92 Å². The molecule has 3 rings (SSSR count). The van der Waals surface area contributed by atoms with Crippen molar-refractivity contribution in [1.29, 1.82) is 0 Å². The Kier molecular flexibility index (Phi) is 3.66. The van der Waals surface area contributed by atoms with Crippen molar-refractivity contribution in [3.8, 4) is 0 Å². The Balaban J connectivity index is 1.58. The minimum absolute atomic E-state index is 0.777. The monoisotopic (exact) mass is 248 g/mol. The van der Waals surface area contributed by atoms with E-state index in [2.05, 4.69) is 26.8 Å². The standard InChI is InChI=1S/C14H24N4/c1-17-11-15-8-13(17)10-18-7-3-4-12(9-18)14-5-2-6-16-14/h8,11-12,14,16H,2-7,9-10H2,1H3. The molecule has 0 amide bonds. The quantitative estimate of drug-likeness (QED) is 0.877. The number of aryl methyl sites for hydroxylation is 1. The third-order valence-electron chi connectivity index (χ3n) is 4.51. The summed E-state index contributed by atoms with van der Waals surface area (Å²) in [5, 5.41) is 3.67. The number of likely N-dealkylation sites (tertiary alicyclic amines) is 1. The maximum atomic E-state index is 4.21. The van der Waals surface area contributed by atoms with Crippen LogP contribution in [0.25, 0.3) is 0 Å². The van der Waals surface area contributed by atoms with Gasteiger partial charge in [0, 0.05) is 32.4 Å². The molecule has 2 aliphatic heterocycles. The predicted molar refractivity (Wildman–Crippen MR) is 72.2 cm³/mol. The highest BCUT2D eigenvalue weighted by Gasteiger charge is 2.29. The largest absolute Gasteiger partial charge is 0.337 e. The lowest BCUT2D eigenvalue weighted by Gasteiger charge is -2.35. The van der Waals surface area contributed by atoms with E-state index in [1.54, 1.807) is 0 Å². The Morgan fingerprint density at radius 2 is 2.33 bits per heavy atom. The topological polar surface area (TPSA) is 33.1 Å². The van der Waals surface area contributed by atoms with E-state index in [0.29, 0.717) is 0 Å². The van der Waals surface area contributed by atoms with Gasteiger partial charge >= 0.3 is 0 Å². The Labute approximate surface area is 109 Å². The van der Waals surface area contributed by atoms with Crippen molar-refractivity contribution in [2.75, 3.05) is 19.6 Å². The zero-order valence-corrected chi connectivity index (χ0v) is 11.3. The first-order valence-corrected chi connectivity index (χ1v) is 7.24. The van der Waals surface area contributed by atoms with E-state index in [4.69, 9.17) is 0 Å². The summed E-state index contributed by atoms with van der Waals surface area (Å²) in [4.78, 5) is 6.81. The van der Waals surface area contributed by atoms with Crippen molar-refractivity contribution in [2.24, 2.45) is 13.0 Å². The van der Waals surface area contributed by atoms with Gasteiger partial charge < -0.3 is 9.88 Å². The molecule has 0 saturated carbocycles. The van der Waals surface area contributed by atoms with Gasteiger partial charge in [0.25, 0.3) is 0 Å². The van der Waals surface area contributed by atoms with Crippen LogP contribution in [0.4, 0.5) is 0 Å². The molecule has 0 spiro atoms. The fraction of sp³-hybridized carbons (Fsp3) is 0.786. The number of nitrogens with one attached hydrogen (secondary N) is 1. The summed E-state index contributed by atoms with van der Waals surface area (Å²) < 4.78 is 2.14. The maximum Gasteiger partial charge on any atom is 0.0945 e. The average Bonchev–Trinajstić information content (AvgIpc) is 3.02. The van der Waals surface area contributed by atoms with Crippen molar-refractivity contribution in [3.63, 3.8) is 0 Å². The maximum absolute atomic E-state index is 4.21. The van der Waals surface area contributed by atoms with Gasteiger partial charge in [-0.3, -0.25) is 4.90 Å². The molecule has 1 aromatic rings. The van der Waals surface area contributed by atoms with Crippen molar-refractivity contribution in [2.45, 2.75) is 38.3 Å². The molecule has 2 fully saturated rings. The smallest absolute Gasteiger partial charge is 0.0945 e. The van der Waals surface area contributed by atoms with Gasteiger partial charge in [0.05, 0.1) is 12.0 Å². The second kappa shape index (κ2) is 5.41. The second-order valence-electron chi connectivity index (χ2n) is 5.84. The first kappa shape index (κ1) is 12.2. The molecule has 2 saturated heterocycles. The van der Waals surface area contributed by atoms with Crippen molar-refractivity contribution in [3.05, 3.63) is 18.2 Å². The zero-order chi connectivity index (χ0) is 12.4. The number of hydrogen-bond acceptors (Lipinski definition) is 3. The van der Waals surface area contributed by atoms with Gasteiger partial charge in [0.15, 0.2) is 0 Å². The Morgan fingerprint density at radius 1 is 1.39 bits per heavy atom. The summed E-state index contributed by atoms with van der Waals surface area (Å²) in [5.74, 6) is 0.856. The van der Waals surface area contributed by atoms with E-state index >= 15 is 0 Å². The lowest BCUT2D eigenvalue weighted by atomic mass is 9.90. The van der Waals surface area contributed by atoms with E-state index < -0.39 is 0 Å². The molecule has 0 bridgehead atoms. The third kappa shape index (κ3) is 2.59. The van der Waals surface area contributed by atoms with Crippen LogP contribution in [0.15, 0.2) is 12.5 Å². The van der Waals surface area contributed by atoms with E-state index in [1.165, 1.54) is 51.0 Å². The summed E-state index contributed by atoms with van der Waals surface area (Å²) in [6.45, 7) is 4.78. The Hall–Kier alpha value is -0.870. The van der Waals surface area contributed by atoms with Crippen LogP contribution >= 0.6 is 0 Å². The Bertz CT molecular complexity index is 381. The molecule has 1 N–H and O–H groups in total. The average molecular weight is 248 g/mol. The lowest BCUT2D eigenvalue weighted by Crippen LogP contribution is -2.43. The van der Waals surface area contributed by atoms with Gasteiger partial charge in [-0.25, -0.2) is 4.98 Å². The summed E-state index contributed by atoms with van der Waals surface area (Å²) in [7, 11) is 2.09. The molecule has 18 heavy (non-hydrogen) atoms. The van der Waals surface area contributed by atoms with Crippen LogP contribution in [0.5, 0.6) is 0 Å². The van der Waals surface area contributed by atoms with E-state index in [1.807, 2.05) is 12.5 Å². The molecule has 0 aromatic carbocycles. The zero-order valence-electron chi connectivity index (χ0n) is 11.3. The lowest BCUT2D eigenvalue weighted by molar-refractivity contribution is 0.143. The third-order valence-corrected chi connectivity index (χ3v) is 4.51. The van der Waals surface area contributed by atoms with Crippen LogP contribution in [0.2, 0.25) is 0 Å². The molecular formula is C14H24N4. The predicted octanol–water partition coefficient (Wildman–Crippen LogP) is 1.38. The van der Waals surface area contributed by atoms with Crippen molar-refractivity contribution >= 4 is 0 Å². The van der Waals surface area contributed by atoms with Gasteiger partial charge in [-0.15, -0.1) is 0 Å². The van der Waals surface area contributed by atoms with Gasteiger partial charge in [-0.1, -0.05) is 0 Å². The van der Waals surface area contributed by atoms with Gasteiger partial charge in [-0.2, -0.15) is 0 Å². The molecule has 100 valence electrons. The molecule has 2 aliphatic rings. The summed E-state index contributed by atoms with van der Waals surface area (Å²) in [6, 6.07) is 0.777. The second-order valence-corrected chi connectivity index (χ2v) is 5.84. The molecule has 0 aliphatic carbocycles. The van der Waals surface area contributed by atoms with E-state index in [9.17, 15) is 0 Å². The summed E-state index contributed by atoms with van der Waals surface area (Å²) in [6.07, 6.45) is 9.39. The van der Waals surface area contributed by atoms with Crippen LogP contribution in [0.1, 0.15) is 31.4 Å². The highest BCUT2D eigenvalue weighted by molar-refractivity contribution is 4.98. The molecule has 4 nitrogen and oxygen atoms in total. The van der Waals surface area contributed by atoms with Crippen molar-refractivity contribution < 1.29 is 0 Å². The van der Waals surface area contributed by atoms with E-state index in [-0.39, 0.29) is 0 Å². The minimum atomic E-state index is 0.777. The SMILES string of the molecule is Cn1cncc1CN1CCCC(C2CCCN2)C1. The van der Waals surface area contributed by atoms with Gasteiger partial charge in [-0.05, 0) is 44.7 Å². The molecule has 1 aromatic heterocycles. The van der Waals surface area contributed by atoms with Crippen LogP contribution in [-0.4, -0.2) is 40.1 Å². The van der Waals surface area contributed by atoms with Crippen LogP contribution in [0.3, 0.4) is 0 Å². The fourth-order valence-electron chi connectivity index (χ4n) is 3.44. The highest BCUT2D eigenvalue weighted by atomic mass is 15.2. The van der Waals surface area contributed by atoms with Crippen LogP contribution in [-0.2, 0) is 13.6 Å². The number of aromatic nitrogens is 2. The van der Waals surface area contributed by atoms with Gasteiger partial charge in [0.1, 0.15) is 0 Å². The minimum Gasteiger partial charge on any atom is -0.337 e. The van der Waals surface area contributed by atoms with Gasteiger partial charge in [0.2, 0.25) is 0 Å².